The number of phenolic OH excluding ortho intramolecular Hbond substituents is 1. The van der Waals surface area contributed by atoms with Crippen LogP contribution in [0.4, 0.5) is 5.69 Å². The number of carbonyl (C=O) groups is 1. The molecule has 1 aromatic heterocycles. The molecule has 3 N–H and O–H groups in total. The fourth-order valence-electron chi connectivity index (χ4n) is 6.08. The first-order valence-corrected chi connectivity index (χ1v) is 12.5. The molecule has 35 heavy (non-hydrogen) atoms. The molecule has 2 aromatic carbocycles. The highest BCUT2D eigenvalue weighted by Gasteiger charge is 2.57. The summed E-state index contributed by atoms with van der Waals surface area (Å²) in [5.41, 5.74) is 3.55. The summed E-state index contributed by atoms with van der Waals surface area (Å²) < 4.78 is 0. The minimum Gasteiger partial charge on any atom is -0.507 e. The predicted octanol–water partition coefficient (Wildman–Crippen LogP) is 2.97. The lowest BCUT2D eigenvalue weighted by molar-refractivity contribution is -0.123. The molecule has 3 fully saturated rings. The zero-order valence-corrected chi connectivity index (χ0v) is 19.7. The van der Waals surface area contributed by atoms with E-state index in [-0.39, 0.29) is 23.0 Å². The summed E-state index contributed by atoms with van der Waals surface area (Å²) in [6.07, 6.45) is 3.66. The van der Waals surface area contributed by atoms with E-state index in [1.165, 1.54) is 5.56 Å². The molecule has 1 saturated carbocycles. The molecular formula is C28H31N5O2. The molecule has 1 amide bonds. The molecule has 7 heteroatoms. The molecule has 2 saturated heterocycles. The summed E-state index contributed by atoms with van der Waals surface area (Å²) in [6.45, 7) is 4.34. The number of rotatable bonds is 6. The van der Waals surface area contributed by atoms with Crippen LogP contribution in [0.5, 0.6) is 5.75 Å². The highest BCUT2D eigenvalue weighted by Crippen LogP contribution is 2.49. The van der Waals surface area contributed by atoms with Gasteiger partial charge in [-0.25, -0.2) is 0 Å². The number of aromatic nitrogens is 2. The largest absolute Gasteiger partial charge is 0.507 e. The zero-order valence-electron chi connectivity index (χ0n) is 19.7. The Morgan fingerprint density at radius 3 is 2.51 bits per heavy atom. The van der Waals surface area contributed by atoms with Gasteiger partial charge in [0, 0.05) is 36.5 Å². The maximum absolute atomic E-state index is 12.9. The van der Waals surface area contributed by atoms with Gasteiger partial charge in [-0.1, -0.05) is 42.5 Å². The van der Waals surface area contributed by atoms with E-state index in [0.717, 1.165) is 44.7 Å². The van der Waals surface area contributed by atoms with Gasteiger partial charge in [0.05, 0.1) is 17.6 Å². The Morgan fingerprint density at radius 1 is 1.06 bits per heavy atom. The van der Waals surface area contributed by atoms with Crippen LogP contribution in [-0.4, -0.2) is 53.9 Å². The van der Waals surface area contributed by atoms with Gasteiger partial charge in [0.1, 0.15) is 5.75 Å². The van der Waals surface area contributed by atoms with Gasteiger partial charge in [-0.05, 0) is 61.5 Å². The van der Waals surface area contributed by atoms with Crippen molar-refractivity contribution in [1.82, 2.24) is 20.8 Å². The lowest BCUT2D eigenvalue weighted by Gasteiger charge is -2.43. The summed E-state index contributed by atoms with van der Waals surface area (Å²) in [5, 5.41) is 25.4. The van der Waals surface area contributed by atoms with E-state index in [0.29, 0.717) is 29.6 Å². The van der Waals surface area contributed by atoms with Crippen LogP contribution in [0.2, 0.25) is 0 Å². The van der Waals surface area contributed by atoms with Crippen molar-refractivity contribution in [2.45, 2.75) is 18.3 Å². The number of hydrogen-bond donors (Lipinski definition) is 3. The van der Waals surface area contributed by atoms with E-state index in [2.05, 4.69) is 50.0 Å². The maximum Gasteiger partial charge on any atom is 0.223 e. The second-order valence-corrected chi connectivity index (χ2v) is 10.2. The van der Waals surface area contributed by atoms with Gasteiger partial charge in [-0.15, -0.1) is 0 Å². The van der Waals surface area contributed by atoms with Crippen molar-refractivity contribution in [3.63, 3.8) is 0 Å². The number of hydrogen-bond acceptors (Lipinski definition) is 6. The Bertz CT molecular complexity index is 1200. The SMILES string of the molecule is O=C(NCC1(c2ccccc2)CCN(c2cnnc(-c3ccccc3O)c2)CC1)C1[C@H]2CNC[C@@H]12. The number of benzene rings is 2. The number of nitrogens with zero attached hydrogens (tertiary/aromatic N) is 3. The summed E-state index contributed by atoms with van der Waals surface area (Å²) >= 11 is 0. The monoisotopic (exact) mass is 469 g/mol. The van der Waals surface area contributed by atoms with Crippen LogP contribution in [0.15, 0.2) is 66.9 Å². The van der Waals surface area contributed by atoms with Crippen molar-refractivity contribution in [3.05, 3.63) is 72.4 Å². The van der Waals surface area contributed by atoms with Crippen molar-refractivity contribution in [2.24, 2.45) is 17.8 Å². The molecule has 1 aliphatic carbocycles. The van der Waals surface area contributed by atoms with E-state index in [9.17, 15) is 9.90 Å². The van der Waals surface area contributed by atoms with Gasteiger partial charge in [0.25, 0.3) is 0 Å². The summed E-state index contributed by atoms with van der Waals surface area (Å²) in [6, 6.07) is 19.8. The molecule has 3 aliphatic rings. The quantitative estimate of drug-likeness (QED) is 0.514. The van der Waals surface area contributed by atoms with Crippen LogP contribution in [0.25, 0.3) is 11.3 Å². The summed E-state index contributed by atoms with van der Waals surface area (Å²) in [4.78, 5) is 15.3. The average Bonchev–Trinajstić information content (AvgIpc) is 3.39. The Hall–Kier alpha value is -3.45. The van der Waals surface area contributed by atoms with Crippen molar-refractivity contribution in [1.29, 1.82) is 0 Å². The van der Waals surface area contributed by atoms with E-state index < -0.39 is 0 Å². The van der Waals surface area contributed by atoms with Crippen molar-refractivity contribution in [2.75, 3.05) is 37.6 Å². The third-order valence-corrected chi connectivity index (χ3v) is 8.29. The first-order valence-electron chi connectivity index (χ1n) is 12.5. The maximum atomic E-state index is 12.9. The third kappa shape index (κ3) is 4.14. The summed E-state index contributed by atoms with van der Waals surface area (Å²) in [5.74, 6) is 1.68. The van der Waals surface area contributed by atoms with E-state index in [1.54, 1.807) is 18.3 Å². The molecule has 1 unspecified atom stereocenters. The van der Waals surface area contributed by atoms with Crippen molar-refractivity contribution in [3.8, 4) is 17.0 Å². The molecule has 0 radical (unpaired) electrons. The van der Waals surface area contributed by atoms with Gasteiger partial charge in [0.15, 0.2) is 0 Å². The van der Waals surface area contributed by atoms with Crippen molar-refractivity contribution >= 4 is 11.6 Å². The normalized spacial score (nSPS) is 24.6. The lowest BCUT2D eigenvalue weighted by Crippen LogP contribution is -2.49. The molecule has 3 atom stereocenters. The number of fused-ring (bicyclic) bond motifs is 1. The van der Waals surface area contributed by atoms with Gasteiger partial charge < -0.3 is 20.6 Å². The predicted molar refractivity (Wildman–Crippen MR) is 135 cm³/mol. The van der Waals surface area contributed by atoms with Crippen LogP contribution in [0.3, 0.4) is 0 Å². The standard InChI is InChI=1S/C28H31N5O2/c34-25-9-5-4-8-21(25)24-14-20(15-31-32-24)33-12-10-28(11-13-33,19-6-2-1-3-7-19)18-30-27(35)26-22-16-29-17-23(22)26/h1-9,14-15,22-23,26,29,34H,10-13,16-18H2,(H,30,35)/t22-,23+,26?. The van der Waals surface area contributed by atoms with Crippen LogP contribution >= 0.6 is 0 Å². The van der Waals surface area contributed by atoms with Crippen LogP contribution < -0.4 is 15.5 Å². The highest BCUT2D eigenvalue weighted by molar-refractivity contribution is 5.82. The number of anilines is 1. The fraction of sp³-hybridized carbons (Fsp3) is 0.393. The Labute approximate surface area is 205 Å². The topological polar surface area (TPSA) is 90.4 Å². The van der Waals surface area contributed by atoms with E-state index in [1.807, 2.05) is 24.3 Å². The zero-order chi connectivity index (χ0) is 23.8. The fourth-order valence-corrected chi connectivity index (χ4v) is 6.08. The minimum atomic E-state index is -0.0866. The molecular weight excluding hydrogens is 438 g/mol. The minimum absolute atomic E-state index is 0.0866. The Kier molecular flexibility index (Phi) is 5.65. The smallest absolute Gasteiger partial charge is 0.223 e. The van der Waals surface area contributed by atoms with Crippen LogP contribution in [0.1, 0.15) is 18.4 Å². The molecule has 3 heterocycles. The Morgan fingerprint density at radius 2 is 1.77 bits per heavy atom. The van der Waals surface area contributed by atoms with Gasteiger partial charge in [-0.2, -0.15) is 10.2 Å². The Balaban J connectivity index is 1.18. The number of nitrogens with one attached hydrogen (secondary N) is 2. The molecule has 3 aromatic rings. The number of phenols is 1. The molecule has 0 spiro atoms. The van der Waals surface area contributed by atoms with Gasteiger partial charge in [0.2, 0.25) is 5.91 Å². The number of amides is 1. The summed E-state index contributed by atoms with van der Waals surface area (Å²) in [7, 11) is 0. The number of piperidine rings is 2. The van der Waals surface area contributed by atoms with Crippen molar-refractivity contribution < 1.29 is 9.90 Å². The molecule has 2 aliphatic heterocycles. The molecule has 180 valence electrons. The van der Waals surface area contributed by atoms with E-state index in [4.69, 9.17) is 0 Å². The van der Waals surface area contributed by atoms with Crippen LogP contribution in [0, 0.1) is 17.8 Å². The second kappa shape index (κ2) is 8.96. The average molecular weight is 470 g/mol. The number of carbonyl (C=O) groups excluding carboxylic acids is 1. The second-order valence-electron chi connectivity index (χ2n) is 10.2. The molecule has 0 bridgehead atoms. The van der Waals surface area contributed by atoms with Gasteiger partial charge >= 0.3 is 0 Å². The molecule has 6 rings (SSSR count). The van der Waals surface area contributed by atoms with Crippen LogP contribution in [-0.2, 0) is 10.2 Å². The van der Waals surface area contributed by atoms with Gasteiger partial charge in [-0.3, -0.25) is 4.79 Å². The first kappa shape index (κ1) is 22.0. The van der Waals surface area contributed by atoms with E-state index >= 15 is 0 Å². The highest BCUT2D eigenvalue weighted by atomic mass is 16.3. The number of para-hydroxylation sites is 1. The molecule has 7 nitrogen and oxygen atoms in total. The lowest BCUT2D eigenvalue weighted by atomic mass is 9.72. The number of aromatic hydroxyl groups is 1. The first-order chi connectivity index (χ1) is 17.1. The third-order valence-electron chi connectivity index (χ3n) is 8.29.